The summed E-state index contributed by atoms with van der Waals surface area (Å²) in [6.07, 6.45) is 2.43. The summed E-state index contributed by atoms with van der Waals surface area (Å²) in [7, 11) is 2.18. The van der Waals surface area contributed by atoms with E-state index in [4.69, 9.17) is 5.73 Å². The van der Waals surface area contributed by atoms with Gasteiger partial charge in [-0.25, -0.2) is 0 Å². The Morgan fingerprint density at radius 1 is 1.35 bits per heavy atom. The van der Waals surface area contributed by atoms with Crippen LogP contribution < -0.4 is 11.1 Å². The molecule has 0 bridgehead atoms. The van der Waals surface area contributed by atoms with Gasteiger partial charge in [0.15, 0.2) is 0 Å². The van der Waals surface area contributed by atoms with E-state index >= 15 is 0 Å². The van der Waals surface area contributed by atoms with Gasteiger partial charge in [-0.3, -0.25) is 4.79 Å². The highest BCUT2D eigenvalue weighted by molar-refractivity contribution is 5.94. The van der Waals surface area contributed by atoms with E-state index in [0.717, 1.165) is 25.2 Å². The summed E-state index contributed by atoms with van der Waals surface area (Å²) in [5.74, 6) is -0.354. The van der Waals surface area contributed by atoms with Gasteiger partial charge in [0.25, 0.3) is 0 Å². The fourth-order valence-electron chi connectivity index (χ4n) is 2.75. The first-order chi connectivity index (χ1) is 9.50. The average Bonchev–Trinajstić information content (AvgIpc) is 2.43. The number of amides is 1. The van der Waals surface area contributed by atoms with Crippen LogP contribution in [0.1, 0.15) is 35.7 Å². The number of likely N-dealkylation sites (tertiary alicyclic amines) is 1. The summed E-state index contributed by atoms with van der Waals surface area (Å²) in [5.41, 5.74) is 7.36. The van der Waals surface area contributed by atoms with Crippen molar-refractivity contribution in [1.82, 2.24) is 10.2 Å². The first-order valence-electron chi connectivity index (χ1n) is 7.27. The predicted molar refractivity (Wildman–Crippen MR) is 81.5 cm³/mol. The fraction of sp³-hybridized carbons (Fsp3) is 0.562. The zero-order valence-corrected chi connectivity index (χ0v) is 12.5. The summed E-state index contributed by atoms with van der Waals surface area (Å²) in [4.78, 5) is 13.8. The van der Waals surface area contributed by atoms with Crippen molar-refractivity contribution in [3.63, 3.8) is 0 Å². The summed E-state index contributed by atoms with van der Waals surface area (Å²) >= 11 is 0. The summed E-state index contributed by atoms with van der Waals surface area (Å²) in [6, 6.07) is 7.54. The number of nitrogens with two attached hydrogens (primary N) is 1. The molecule has 1 amide bonds. The Morgan fingerprint density at radius 3 is 2.65 bits per heavy atom. The number of nitrogens with zero attached hydrogens (tertiary/aromatic N) is 1. The van der Waals surface area contributed by atoms with Crippen molar-refractivity contribution >= 4 is 5.91 Å². The van der Waals surface area contributed by atoms with Crippen molar-refractivity contribution in [2.75, 3.05) is 26.7 Å². The Bertz CT molecular complexity index is 465. The highest BCUT2D eigenvalue weighted by Gasteiger charge is 2.28. The number of nitrogens with one attached hydrogen (secondary N) is 1. The molecular weight excluding hydrogens is 250 g/mol. The molecule has 3 N–H and O–H groups in total. The smallest absolute Gasteiger partial charge is 0.249 e. The van der Waals surface area contributed by atoms with Gasteiger partial charge < -0.3 is 16.0 Å². The average molecular weight is 275 g/mol. The molecule has 0 aliphatic carbocycles. The fourth-order valence-corrected chi connectivity index (χ4v) is 2.75. The SMILES string of the molecule is CN1CCC(C)(CNCc2ccccc2C(N)=O)CC1. The molecular formula is C16H25N3O. The second-order valence-electron chi connectivity index (χ2n) is 6.24. The van der Waals surface area contributed by atoms with Crippen molar-refractivity contribution in [1.29, 1.82) is 0 Å². The summed E-state index contributed by atoms with van der Waals surface area (Å²) in [5, 5.41) is 3.50. The van der Waals surface area contributed by atoms with Crippen molar-refractivity contribution in [3.8, 4) is 0 Å². The Balaban J connectivity index is 1.88. The van der Waals surface area contributed by atoms with Gasteiger partial charge in [0.2, 0.25) is 5.91 Å². The van der Waals surface area contributed by atoms with Crippen LogP contribution in [0, 0.1) is 5.41 Å². The minimum atomic E-state index is -0.354. The van der Waals surface area contributed by atoms with Crippen LogP contribution in [0.4, 0.5) is 0 Å². The second-order valence-corrected chi connectivity index (χ2v) is 6.24. The van der Waals surface area contributed by atoms with Crippen molar-refractivity contribution < 1.29 is 4.79 Å². The number of rotatable bonds is 5. The van der Waals surface area contributed by atoms with Gasteiger partial charge in [-0.2, -0.15) is 0 Å². The van der Waals surface area contributed by atoms with Gasteiger partial charge in [-0.15, -0.1) is 0 Å². The Kier molecular flexibility index (Phi) is 4.78. The van der Waals surface area contributed by atoms with Crippen molar-refractivity contribution in [2.45, 2.75) is 26.3 Å². The van der Waals surface area contributed by atoms with Crippen molar-refractivity contribution in [3.05, 3.63) is 35.4 Å². The number of carbonyl (C=O) groups is 1. The lowest BCUT2D eigenvalue weighted by Gasteiger charge is -2.38. The maximum atomic E-state index is 11.4. The van der Waals surface area contributed by atoms with E-state index in [9.17, 15) is 4.79 Å². The molecule has 20 heavy (non-hydrogen) atoms. The highest BCUT2D eigenvalue weighted by Crippen LogP contribution is 2.29. The Morgan fingerprint density at radius 2 is 2.00 bits per heavy atom. The topological polar surface area (TPSA) is 58.4 Å². The first kappa shape index (κ1) is 15.0. The van der Waals surface area contributed by atoms with Crippen LogP contribution in [0.2, 0.25) is 0 Å². The number of hydrogen-bond acceptors (Lipinski definition) is 3. The Hall–Kier alpha value is -1.39. The third kappa shape index (κ3) is 3.81. The zero-order chi connectivity index (χ0) is 14.6. The number of piperidine rings is 1. The molecule has 4 heteroatoms. The minimum Gasteiger partial charge on any atom is -0.366 e. The van der Waals surface area contributed by atoms with Gasteiger partial charge in [0.05, 0.1) is 0 Å². The first-order valence-corrected chi connectivity index (χ1v) is 7.27. The van der Waals surface area contributed by atoms with E-state index < -0.39 is 0 Å². The molecule has 0 atom stereocenters. The van der Waals surface area contributed by atoms with Crippen molar-refractivity contribution in [2.24, 2.45) is 11.1 Å². The lowest BCUT2D eigenvalue weighted by atomic mass is 9.80. The van der Waals surface area contributed by atoms with Crippen LogP contribution >= 0.6 is 0 Å². The van der Waals surface area contributed by atoms with Gasteiger partial charge in [0.1, 0.15) is 0 Å². The molecule has 1 aromatic rings. The molecule has 1 heterocycles. The van der Waals surface area contributed by atoms with Gasteiger partial charge in [-0.05, 0) is 50.0 Å². The molecule has 1 saturated heterocycles. The normalized spacial score (nSPS) is 18.9. The molecule has 1 fully saturated rings. The van der Waals surface area contributed by atoms with Gasteiger partial charge >= 0.3 is 0 Å². The van der Waals surface area contributed by atoms with Crippen LogP contribution in [0.5, 0.6) is 0 Å². The molecule has 4 nitrogen and oxygen atoms in total. The maximum Gasteiger partial charge on any atom is 0.249 e. The van der Waals surface area contributed by atoms with E-state index in [-0.39, 0.29) is 5.91 Å². The molecule has 1 aromatic carbocycles. The zero-order valence-electron chi connectivity index (χ0n) is 12.5. The van der Waals surface area contributed by atoms with Gasteiger partial charge in [0, 0.05) is 18.7 Å². The molecule has 0 aromatic heterocycles. The summed E-state index contributed by atoms with van der Waals surface area (Å²) < 4.78 is 0. The van der Waals surface area contributed by atoms with Gasteiger partial charge in [-0.1, -0.05) is 25.1 Å². The number of benzene rings is 1. The molecule has 0 saturated carbocycles. The van der Waals surface area contributed by atoms with Crippen LogP contribution in [-0.4, -0.2) is 37.5 Å². The lowest BCUT2D eigenvalue weighted by Crippen LogP contribution is -2.42. The molecule has 110 valence electrons. The molecule has 0 radical (unpaired) electrons. The predicted octanol–water partition coefficient (Wildman–Crippen LogP) is 1.61. The largest absolute Gasteiger partial charge is 0.366 e. The highest BCUT2D eigenvalue weighted by atomic mass is 16.1. The van der Waals surface area contributed by atoms with E-state index in [1.54, 1.807) is 6.07 Å². The number of primary amides is 1. The summed E-state index contributed by atoms with van der Waals surface area (Å²) in [6.45, 7) is 6.34. The third-order valence-corrected chi connectivity index (χ3v) is 4.34. The molecule has 0 unspecified atom stereocenters. The number of hydrogen-bond donors (Lipinski definition) is 2. The van der Waals surface area contributed by atoms with Crippen LogP contribution in [0.15, 0.2) is 24.3 Å². The maximum absolute atomic E-state index is 11.4. The quantitative estimate of drug-likeness (QED) is 0.858. The van der Waals surface area contributed by atoms with E-state index in [1.165, 1.54) is 12.8 Å². The van der Waals surface area contributed by atoms with E-state index in [0.29, 0.717) is 17.5 Å². The molecule has 2 rings (SSSR count). The molecule has 0 spiro atoms. The van der Waals surface area contributed by atoms with Crippen LogP contribution in [0.25, 0.3) is 0 Å². The standard InChI is InChI=1S/C16H25N3O/c1-16(7-9-19(2)10-8-16)12-18-11-13-5-3-4-6-14(13)15(17)20/h3-6,18H,7-12H2,1-2H3,(H2,17,20). The minimum absolute atomic E-state index is 0.354. The van der Waals surface area contributed by atoms with E-state index in [2.05, 4.69) is 24.2 Å². The van der Waals surface area contributed by atoms with E-state index in [1.807, 2.05) is 18.2 Å². The van der Waals surface area contributed by atoms with Crippen LogP contribution in [-0.2, 0) is 6.54 Å². The monoisotopic (exact) mass is 275 g/mol. The number of carbonyl (C=O) groups excluding carboxylic acids is 1. The van der Waals surface area contributed by atoms with Crippen LogP contribution in [0.3, 0.4) is 0 Å². The Labute approximate surface area is 121 Å². The molecule has 1 aliphatic heterocycles. The third-order valence-electron chi connectivity index (χ3n) is 4.34. The molecule has 1 aliphatic rings. The lowest BCUT2D eigenvalue weighted by molar-refractivity contribution is 0.0999. The second kappa shape index (κ2) is 6.37.